The maximum atomic E-state index is 12.9. The summed E-state index contributed by atoms with van der Waals surface area (Å²) in [4.78, 5) is 23.0. The third-order valence-corrected chi connectivity index (χ3v) is 3.38. The summed E-state index contributed by atoms with van der Waals surface area (Å²) in [6.07, 6.45) is 0.346. The molecule has 0 bridgehead atoms. The molecule has 0 fully saturated rings. The Morgan fingerprint density at radius 3 is 2.53 bits per heavy atom. The fourth-order valence-corrected chi connectivity index (χ4v) is 2.32. The molecule has 0 aliphatic carbocycles. The van der Waals surface area contributed by atoms with E-state index in [0.717, 1.165) is 0 Å². The fourth-order valence-electron chi connectivity index (χ4n) is 1.60. The van der Waals surface area contributed by atoms with Gasteiger partial charge in [0, 0.05) is 3.57 Å². The minimum absolute atomic E-state index is 0.147. The molecule has 2 N–H and O–H groups in total. The minimum atomic E-state index is -1.07. The molecule has 1 aromatic carbocycles. The van der Waals surface area contributed by atoms with Crippen LogP contribution < -0.4 is 5.32 Å². The van der Waals surface area contributed by atoms with Crippen molar-refractivity contribution in [3.63, 3.8) is 0 Å². The summed E-state index contributed by atoms with van der Waals surface area (Å²) in [6.45, 7) is 3.76. The molecule has 1 amide bonds. The molecular formula is C13H15FINO3. The molecule has 4 nitrogen and oxygen atoms in total. The topological polar surface area (TPSA) is 66.4 Å². The van der Waals surface area contributed by atoms with E-state index in [-0.39, 0.29) is 11.5 Å². The largest absolute Gasteiger partial charge is 0.480 e. The predicted molar refractivity (Wildman–Crippen MR) is 77.5 cm³/mol. The van der Waals surface area contributed by atoms with Crippen LogP contribution in [0.5, 0.6) is 0 Å². The summed E-state index contributed by atoms with van der Waals surface area (Å²) >= 11 is 1.84. The number of halogens is 2. The van der Waals surface area contributed by atoms with Gasteiger partial charge in [0.15, 0.2) is 0 Å². The van der Waals surface area contributed by atoms with Gasteiger partial charge in [0.2, 0.25) is 0 Å². The van der Waals surface area contributed by atoms with E-state index in [2.05, 4.69) is 5.32 Å². The Morgan fingerprint density at radius 1 is 1.42 bits per heavy atom. The van der Waals surface area contributed by atoms with Crippen LogP contribution in [0.1, 0.15) is 30.6 Å². The molecule has 19 heavy (non-hydrogen) atoms. The van der Waals surface area contributed by atoms with Gasteiger partial charge in [0.05, 0.1) is 5.56 Å². The number of amides is 1. The van der Waals surface area contributed by atoms with Crippen molar-refractivity contribution < 1.29 is 19.1 Å². The standard InChI is InChI=1S/C13H15FINO3/c1-7(2)5-11(13(18)19)16-12(17)9-4-3-8(14)6-10(9)15/h3-4,6-7,11H,5H2,1-2H3,(H,16,17)(H,18,19)/t11-/m0/s1. The highest BCUT2D eigenvalue weighted by Crippen LogP contribution is 2.14. The zero-order valence-electron chi connectivity index (χ0n) is 10.6. The van der Waals surface area contributed by atoms with Gasteiger partial charge in [-0.2, -0.15) is 0 Å². The van der Waals surface area contributed by atoms with Gasteiger partial charge in [-0.25, -0.2) is 9.18 Å². The summed E-state index contributed by atoms with van der Waals surface area (Å²) in [5.74, 6) is -1.86. The Morgan fingerprint density at radius 2 is 2.05 bits per heavy atom. The van der Waals surface area contributed by atoms with Crippen molar-refractivity contribution >= 4 is 34.5 Å². The maximum absolute atomic E-state index is 12.9. The first-order valence-corrected chi connectivity index (χ1v) is 6.88. The van der Waals surface area contributed by atoms with Crippen molar-refractivity contribution in [1.29, 1.82) is 0 Å². The van der Waals surface area contributed by atoms with Gasteiger partial charge in [-0.1, -0.05) is 13.8 Å². The Kier molecular flexibility index (Phi) is 5.71. The van der Waals surface area contributed by atoms with E-state index in [0.29, 0.717) is 9.99 Å². The highest BCUT2D eigenvalue weighted by atomic mass is 127. The molecule has 1 rings (SSSR count). The van der Waals surface area contributed by atoms with Crippen LogP contribution in [0.2, 0.25) is 0 Å². The monoisotopic (exact) mass is 379 g/mol. The average molecular weight is 379 g/mol. The number of hydrogen-bond donors (Lipinski definition) is 2. The van der Waals surface area contributed by atoms with Crippen LogP contribution in [0.15, 0.2) is 18.2 Å². The second-order valence-electron chi connectivity index (χ2n) is 4.62. The minimum Gasteiger partial charge on any atom is -0.480 e. The first-order chi connectivity index (χ1) is 8.81. The third-order valence-electron chi connectivity index (χ3n) is 2.49. The van der Waals surface area contributed by atoms with Gasteiger partial charge in [0.1, 0.15) is 11.9 Å². The maximum Gasteiger partial charge on any atom is 0.326 e. The van der Waals surface area contributed by atoms with Gasteiger partial charge in [-0.15, -0.1) is 0 Å². The molecule has 1 aromatic rings. The van der Waals surface area contributed by atoms with E-state index < -0.39 is 23.7 Å². The van der Waals surface area contributed by atoms with Crippen molar-refractivity contribution in [2.24, 2.45) is 5.92 Å². The number of carbonyl (C=O) groups excluding carboxylic acids is 1. The summed E-state index contributed by atoms with van der Waals surface area (Å²) in [5.41, 5.74) is 0.275. The van der Waals surface area contributed by atoms with E-state index in [1.165, 1.54) is 18.2 Å². The second kappa shape index (κ2) is 6.83. The Balaban J connectivity index is 2.84. The normalized spacial score (nSPS) is 12.3. The van der Waals surface area contributed by atoms with Crippen molar-refractivity contribution in [3.8, 4) is 0 Å². The molecule has 0 spiro atoms. The van der Waals surface area contributed by atoms with Crippen LogP contribution in [0, 0.1) is 15.3 Å². The molecule has 104 valence electrons. The Hall–Kier alpha value is -1.18. The predicted octanol–water partition coefficient (Wildman–Crippen LogP) is 2.66. The molecule has 0 aliphatic rings. The van der Waals surface area contributed by atoms with Gasteiger partial charge in [-0.3, -0.25) is 4.79 Å². The van der Waals surface area contributed by atoms with Crippen LogP contribution in [0.3, 0.4) is 0 Å². The Labute approximate surface area is 124 Å². The van der Waals surface area contributed by atoms with Crippen LogP contribution in [-0.4, -0.2) is 23.0 Å². The summed E-state index contributed by atoms with van der Waals surface area (Å²) in [5, 5.41) is 11.5. The quantitative estimate of drug-likeness (QED) is 0.774. The number of benzene rings is 1. The van der Waals surface area contributed by atoms with E-state index in [1.807, 2.05) is 36.4 Å². The third kappa shape index (κ3) is 4.77. The lowest BCUT2D eigenvalue weighted by Gasteiger charge is -2.16. The lowest BCUT2D eigenvalue weighted by atomic mass is 10.0. The molecule has 0 aliphatic heterocycles. The van der Waals surface area contributed by atoms with Crippen LogP contribution in [0.4, 0.5) is 4.39 Å². The lowest BCUT2D eigenvalue weighted by molar-refractivity contribution is -0.139. The van der Waals surface area contributed by atoms with E-state index in [9.17, 15) is 14.0 Å². The number of carboxylic acids is 1. The van der Waals surface area contributed by atoms with Crippen LogP contribution >= 0.6 is 22.6 Å². The van der Waals surface area contributed by atoms with E-state index >= 15 is 0 Å². The summed E-state index contributed by atoms with van der Waals surface area (Å²) in [7, 11) is 0. The van der Waals surface area contributed by atoms with Gasteiger partial charge in [-0.05, 0) is 53.1 Å². The summed E-state index contributed by atoms with van der Waals surface area (Å²) in [6, 6.07) is 2.82. The van der Waals surface area contributed by atoms with Gasteiger partial charge < -0.3 is 10.4 Å². The van der Waals surface area contributed by atoms with E-state index in [4.69, 9.17) is 5.11 Å². The number of hydrogen-bond acceptors (Lipinski definition) is 2. The zero-order chi connectivity index (χ0) is 14.6. The lowest BCUT2D eigenvalue weighted by Crippen LogP contribution is -2.41. The number of aliphatic carboxylic acids is 1. The second-order valence-corrected chi connectivity index (χ2v) is 5.78. The first kappa shape index (κ1) is 15.9. The Bertz CT molecular complexity index is 491. The van der Waals surface area contributed by atoms with E-state index in [1.54, 1.807) is 0 Å². The van der Waals surface area contributed by atoms with Crippen molar-refractivity contribution in [2.75, 3.05) is 0 Å². The molecule has 0 heterocycles. The molecule has 0 radical (unpaired) electrons. The molecule has 6 heteroatoms. The number of carbonyl (C=O) groups is 2. The van der Waals surface area contributed by atoms with Crippen LogP contribution in [-0.2, 0) is 4.79 Å². The molecule has 0 unspecified atom stereocenters. The molecule has 0 aromatic heterocycles. The molecule has 1 atom stereocenters. The SMILES string of the molecule is CC(C)C[C@H](NC(=O)c1ccc(F)cc1I)C(=O)O. The van der Waals surface area contributed by atoms with Gasteiger partial charge in [0.25, 0.3) is 5.91 Å². The smallest absolute Gasteiger partial charge is 0.326 e. The highest BCUT2D eigenvalue weighted by Gasteiger charge is 2.22. The molecule has 0 saturated carbocycles. The van der Waals surface area contributed by atoms with Crippen molar-refractivity contribution in [2.45, 2.75) is 26.3 Å². The highest BCUT2D eigenvalue weighted by molar-refractivity contribution is 14.1. The number of carboxylic acid groups (broad SMARTS) is 1. The van der Waals surface area contributed by atoms with Crippen molar-refractivity contribution in [1.82, 2.24) is 5.32 Å². The van der Waals surface area contributed by atoms with Crippen molar-refractivity contribution in [3.05, 3.63) is 33.1 Å². The average Bonchev–Trinajstić information content (AvgIpc) is 2.26. The molecular weight excluding hydrogens is 364 g/mol. The number of rotatable bonds is 5. The fraction of sp³-hybridized carbons (Fsp3) is 0.385. The summed E-state index contributed by atoms with van der Waals surface area (Å²) < 4.78 is 13.4. The zero-order valence-corrected chi connectivity index (χ0v) is 12.8. The first-order valence-electron chi connectivity index (χ1n) is 5.80. The number of nitrogens with one attached hydrogen (secondary N) is 1. The van der Waals surface area contributed by atoms with Gasteiger partial charge >= 0.3 is 5.97 Å². The van der Waals surface area contributed by atoms with Crippen LogP contribution in [0.25, 0.3) is 0 Å². The molecule has 0 saturated heterocycles.